The van der Waals surface area contributed by atoms with Crippen molar-refractivity contribution in [2.75, 3.05) is 32.6 Å². The molecule has 0 saturated heterocycles. The maximum absolute atomic E-state index is 12.8. The summed E-state index contributed by atoms with van der Waals surface area (Å²) in [4.78, 5) is 26.6. The van der Waals surface area contributed by atoms with Crippen LogP contribution in [-0.4, -0.2) is 44.0 Å². The second-order valence-electron chi connectivity index (χ2n) is 6.91. The highest BCUT2D eigenvalue weighted by Gasteiger charge is 2.20. The van der Waals surface area contributed by atoms with Crippen LogP contribution in [0.5, 0.6) is 11.5 Å². The Hall–Kier alpha value is -2.73. The Kier molecular flexibility index (Phi) is 7.51. The first kappa shape index (κ1) is 22.6. The monoisotopic (exact) mass is 418 g/mol. The van der Waals surface area contributed by atoms with E-state index in [0.29, 0.717) is 23.7 Å². The van der Waals surface area contributed by atoms with Crippen LogP contribution in [0.3, 0.4) is 0 Å². The summed E-state index contributed by atoms with van der Waals surface area (Å²) >= 11 is 6.25. The number of aryl methyl sites for hydroxylation is 3. The molecule has 0 unspecified atom stereocenters. The number of nitrogens with zero attached hydrogens (tertiary/aromatic N) is 1. The molecular weight excluding hydrogens is 392 g/mol. The number of likely N-dealkylation sites (N-methyl/N-ethyl adjacent to an activating group) is 1. The molecule has 0 aromatic heterocycles. The molecule has 0 spiro atoms. The van der Waals surface area contributed by atoms with Gasteiger partial charge in [-0.2, -0.15) is 0 Å². The third-order valence-corrected chi connectivity index (χ3v) is 4.71. The zero-order valence-corrected chi connectivity index (χ0v) is 18.4. The summed E-state index contributed by atoms with van der Waals surface area (Å²) in [7, 11) is 3.04. The van der Waals surface area contributed by atoms with Crippen molar-refractivity contribution in [3.05, 3.63) is 51.5 Å². The predicted molar refractivity (Wildman–Crippen MR) is 115 cm³/mol. The van der Waals surface area contributed by atoms with Crippen LogP contribution in [0.1, 0.15) is 34.0 Å². The van der Waals surface area contributed by atoms with Gasteiger partial charge in [0.15, 0.2) is 11.5 Å². The highest BCUT2D eigenvalue weighted by atomic mass is 35.5. The summed E-state index contributed by atoms with van der Waals surface area (Å²) in [6.45, 7) is 8.05. The number of ether oxygens (including phenoxy) is 2. The number of benzene rings is 2. The Morgan fingerprint density at radius 1 is 1.10 bits per heavy atom. The fourth-order valence-electron chi connectivity index (χ4n) is 3.19. The first-order valence-corrected chi connectivity index (χ1v) is 9.69. The number of rotatable bonds is 7. The van der Waals surface area contributed by atoms with Crippen molar-refractivity contribution >= 4 is 29.1 Å². The number of methoxy groups -OCH3 is 1. The van der Waals surface area contributed by atoms with Crippen molar-refractivity contribution in [2.45, 2.75) is 27.7 Å². The zero-order valence-electron chi connectivity index (χ0n) is 17.7. The number of carbonyl (C=O) groups excluding carboxylic acids is 2. The lowest BCUT2D eigenvalue weighted by Gasteiger charge is -2.19. The second-order valence-corrected chi connectivity index (χ2v) is 7.31. The molecule has 0 radical (unpaired) electrons. The van der Waals surface area contributed by atoms with Crippen molar-refractivity contribution < 1.29 is 19.1 Å². The molecule has 2 aromatic carbocycles. The predicted octanol–water partition coefficient (Wildman–Crippen LogP) is 4.38. The van der Waals surface area contributed by atoms with Gasteiger partial charge in [-0.25, -0.2) is 0 Å². The van der Waals surface area contributed by atoms with Gasteiger partial charge in [-0.3, -0.25) is 9.59 Å². The molecule has 0 saturated carbocycles. The van der Waals surface area contributed by atoms with Gasteiger partial charge in [0.25, 0.3) is 5.91 Å². The average Bonchev–Trinajstić information content (AvgIpc) is 2.65. The number of anilines is 1. The van der Waals surface area contributed by atoms with Crippen LogP contribution in [0.15, 0.2) is 24.3 Å². The largest absolute Gasteiger partial charge is 0.493 e. The summed E-state index contributed by atoms with van der Waals surface area (Å²) in [6.07, 6.45) is 0. The van der Waals surface area contributed by atoms with Gasteiger partial charge in [-0.1, -0.05) is 29.3 Å². The van der Waals surface area contributed by atoms with Gasteiger partial charge in [-0.15, -0.1) is 0 Å². The molecule has 0 aliphatic rings. The van der Waals surface area contributed by atoms with Gasteiger partial charge >= 0.3 is 0 Å². The Morgan fingerprint density at radius 2 is 1.72 bits per heavy atom. The van der Waals surface area contributed by atoms with Gasteiger partial charge in [-0.05, 0) is 51.0 Å². The molecule has 0 bridgehead atoms. The Bertz CT molecular complexity index is 904. The quantitative estimate of drug-likeness (QED) is 0.724. The minimum atomic E-state index is -0.347. The van der Waals surface area contributed by atoms with Gasteiger partial charge in [0, 0.05) is 18.3 Å². The first-order valence-electron chi connectivity index (χ1n) is 9.31. The van der Waals surface area contributed by atoms with E-state index in [1.54, 1.807) is 13.1 Å². The minimum Gasteiger partial charge on any atom is -0.493 e. The molecule has 2 rings (SSSR count). The van der Waals surface area contributed by atoms with E-state index in [0.717, 1.165) is 22.4 Å². The van der Waals surface area contributed by atoms with Crippen molar-refractivity contribution in [3.63, 3.8) is 0 Å². The molecule has 29 heavy (non-hydrogen) atoms. The maximum atomic E-state index is 12.8. The fraction of sp³-hybridized carbons (Fsp3) is 0.364. The molecule has 7 heteroatoms. The zero-order chi connectivity index (χ0) is 21.7. The lowest BCUT2D eigenvalue weighted by molar-refractivity contribution is -0.116. The molecule has 2 aromatic rings. The second kappa shape index (κ2) is 9.65. The Labute approximate surface area is 176 Å². The first-order chi connectivity index (χ1) is 13.7. The van der Waals surface area contributed by atoms with Crippen molar-refractivity contribution in [1.82, 2.24) is 4.90 Å². The van der Waals surface area contributed by atoms with Crippen LogP contribution in [-0.2, 0) is 4.79 Å². The lowest BCUT2D eigenvalue weighted by Crippen LogP contribution is -2.35. The van der Waals surface area contributed by atoms with Gasteiger partial charge in [0.2, 0.25) is 5.91 Å². The number of hydrogen-bond acceptors (Lipinski definition) is 4. The molecule has 0 atom stereocenters. The van der Waals surface area contributed by atoms with E-state index in [-0.39, 0.29) is 23.4 Å². The Morgan fingerprint density at radius 3 is 2.28 bits per heavy atom. The SMILES string of the molecule is CCOc1c(Cl)cc(C(=O)N(C)CC(=O)Nc2c(C)cc(C)cc2C)cc1OC. The van der Waals surface area contributed by atoms with Gasteiger partial charge in [0.1, 0.15) is 0 Å². The van der Waals surface area contributed by atoms with Crippen molar-refractivity contribution in [3.8, 4) is 11.5 Å². The number of nitrogens with one attached hydrogen (secondary N) is 1. The van der Waals surface area contributed by atoms with E-state index in [1.165, 1.54) is 18.1 Å². The maximum Gasteiger partial charge on any atom is 0.254 e. The molecule has 0 heterocycles. The molecule has 1 N–H and O–H groups in total. The van der Waals surface area contributed by atoms with Gasteiger partial charge < -0.3 is 19.7 Å². The average molecular weight is 419 g/mol. The standard InChI is InChI=1S/C22H27ClN2O4/c1-7-29-21-17(23)10-16(11-18(21)28-6)22(27)25(5)12-19(26)24-20-14(3)8-13(2)9-15(20)4/h8-11H,7,12H2,1-6H3,(H,24,26). The smallest absolute Gasteiger partial charge is 0.254 e. The van der Waals surface area contributed by atoms with E-state index in [1.807, 2.05) is 39.8 Å². The number of hydrogen-bond donors (Lipinski definition) is 1. The van der Waals surface area contributed by atoms with E-state index >= 15 is 0 Å². The molecule has 6 nitrogen and oxygen atoms in total. The van der Waals surface area contributed by atoms with E-state index in [4.69, 9.17) is 21.1 Å². The lowest BCUT2D eigenvalue weighted by atomic mass is 10.1. The Balaban J connectivity index is 2.15. The van der Waals surface area contributed by atoms with Crippen LogP contribution in [0.4, 0.5) is 5.69 Å². The van der Waals surface area contributed by atoms with E-state index in [9.17, 15) is 9.59 Å². The van der Waals surface area contributed by atoms with Crippen molar-refractivity contribution in [2.24, 2.45) is 0 Å². The summed E-state index contributed by atoms with van der Waals surface area (Å²) in [5.41, 5.74) is 4.17. The van der Waals surface area contributed by atoms with Crippen LogP contribution in [0.2, 0.25) is 5.02 Å². The number of carbonyl (C=O) groups is 2. The highest BCUT2D eigenvalue weighted by molar-refractivity contribution is 6.32. The molecular formula is C22H27ClN2O4. The molecule has 0 aliphatic carbocycles. The fourth-order valence-corrected chi connectivity index (χ4v) is 3.46. The van der Waals surface area contributed by atoms with Crippen LogP contribution >= 0.6 is 11.6 Å². The molecule has 156 valence electrons. The van der Waals surface area contributed by atoms with E-state index in [2.05, 4.69) is 5.32 Å². The molecule has 0 fully saturated rings. The molecule has 0 aliphatic heterocycles. The normalized spacial score (nSPS) is 10.4. The summed E-state index contributed by atoms with van der Waals surface area (Å²) in [5, 5.41) is 3.18. The van der Waals surface area contributed by atoms with E-state index < -0.39 is 0 Å². The topological polar surface area (TPSA) is 67.9 Å². The third kappa shape index (κ3) is 5.41. The summed E-state index contributed by atoms with van der Waals surface area (Å²) in [5.74, 6) is 0.131. The summed E-state index contributed by atoms with van der Waals surface area (Å²) in [6, 6.07) is 7.08. The highest BCUT2D eigenvalue weighted by Crippen LogP contribution is 2.36. The summed E-state index contributed by atoms with van der Waals surface area (Å²) < 4.78 is 10.8. The number of amides is 2. The van der Waals surface area contributed by atoms with Gasteiger partial charge in [0.05, 0.1) is 25.3 Å². The van der Waals surface area contributed by atoms with Crippen LogP contribution < -0.4 is 14.8 Å². The van der Waals surface area contributed by atoms with Crippen LogP contribution in [0.25, 0.3) is 0 Å². The van der Waals surface area contributed by atoms with Crippen molar-refractivity contribution in [1.29, 1.82) is 0 Å². The minimum absolute atomic E-state index is 0.0985. The number of halogens is 1. The third-order valence-electron chi connectivity index (χ3n) is 4.43. The molecule has 2 amide bonds. The van der Waals surface area contributed by atoms with Crippen LogP contribution in [0, 0.1) is 20.8 Å².